The van der Waals surface area contributed by atoms with Crippen molar-refractivity contribution in [3.05, 3.63) is 66.0 Å². The highest BCUT2D eigenvalue weighted by Gasteiger charge is 2.49. The van der Waals surface area contributed by atoms with Crippen molar-refractivity contribution < 1.29 is 18.0 Å². The van der Waals surface area contributed by atoms with Crippen LogP contribution in [0.3, 0.4) is 0 Å². The van der Waals surface area contributed by atoms with Crippen LogP contribution < -0.4 is 5.32 Å². The first-order valence-electron chi connectivity index (χ1n) is 11.1. The summed E-state index contributed by atoms with van der Waals surface area (Å²) in [6, 6.07) is 8.50. The van der Waals surface area contributed by atoms with Gasteiger partial charge in [-0.05, 0) is 49.6 Å². The largest absolute Gasteiger partial charge is 0.335 e. The number of carbonyl (C=O) groups excluding carboxylic acids is 2. The van der Waals surface area contributed by atoms with Crippen LogP contribution in [-0.2, 0) is 26.2 Å². The van der Waals surface area contributed by atoms with E-state index in [0.29, 0.717) is 31.6 Å². The predicted octanol–water partition coefficient (Wildman–Crippen LogP) is 3.45. The molecule has 180 valence electrons. The maximum Gasteiger partial charge on any atom is 0.244 e. The average molecular weight is 503 g/mol. The number of benzene rings is 1. The maximum absolute atomic E-state index is 13.9. The molecule has 2 saturated heterocycles. The number of anilines is 1. The van der Waals surface area contributed by atoms with Crippen LogP contribution in [0, 0.1) is 5.92 Å². The van der Waals surface area contributed by atoms with Crippen molar-refractivity contribution in [2.75, 3.05) is 11.9 Å². The van der Waals surface area contributed by atoms with Gasteiger partial charge in [0.1, 0.15) is 6.04 Å². The minimum Gasteiger partial charge on any atom is -0.335 e. The van der Waals surface area contributed by atoms with Crippen LogP contribution in [0.1, 0.15) is 31.9 Å². The molecule has 8 nitrogen and oxygen atoms in total. The number of aromatic nitrogens is 1. The van der Waals surface area contributed by atoms with Gasteiger partial charge >= 0.3 is 0 Å². The Morgan fingerprint density at radius 3 is 2.74 bits per heavy atom. The summed E-state index contributed by atoms with van der Waals surface area (Å²) in [5.41, 5.74) is 1.07. The van der Waals surface area contributed by atoms with Gasteiger partial charge in [-0.1, -0.05) is 23.7 Å². The zero-order chi connectivity index (χ0) is 24.5. The lowest BCUT2D eigenvalue weighted by molar-refractivity contribution is -0.135. The Bertz CT molecular complexity index is 1200. The second-order valence-electron chi connectivity index (χ2n) is 8.61. The summed E-state index contributed by atoms with van der Waals surface area (Å²) >= 11 is 6.27. The molecule has 0 aliphatic carbocycles. The lowest BCUT2D eigenvalue weighted by Gasteiger charge is -2.40. The number of carbonyl (C=O) groups is 2. The van der Waals surface area contributed by atoms with Gasteiger partial charge in [0, 0.05) is 31.6 Å². The summed E-state index contributed by atoms with van der Waals surface area (Å²) in [5, 5.41) is 2.68. The van der Waals surface area contributed by atoms with Gasteiger partial charge in [-0.25, -0.2) is 8.42 Å². The number of fused-ring (bicyclic) bond motifs is 2. The summed E-state index contributed by atoms with van der Waals surface area (Å²) in [4.78, 5) is 31.0. The molecular formula is C24H27ClN4O4S. The maximum atomic E-state index is 13.9. The number of nitrogens with one attached hydrogen (secondary N) is 1. The zero-order valence-corrected chi connectivity index (χ0v) is 20.4. The number of hydrogen-bond acceptors (Lipinski definition) is 5. The number of sulfonamides is 1. The highest BCUT2D eigenvalue weighted by Crippen LogP contribution is 2.38. The van der Waals surface area contributed by atoms with Crippen molar-refractivity contribution in [3.63, 3.8) is 0 Å². The van der Waals surface area contributed by atoms with Crippen molar-refractivity contribution >= 4 is 39.1 Å². The van der Waals surface area contributed by atoms with Crippen LogP contribution >= 0.6 is 11.6 Å². The smallest absolute Gasteiger partial charge is 0.244 e. The number of amides is 2. The first kappa shape index (κ1) is 24.4. The number of nitrogens with zero attached hydrogens (tertiary/aromatic N) is 3. The van der Waals surface area contributed by atoms with Crippen LogP contribution in [-0.4, -0.2) is 53.0 Å². The SMILES string of the molecule is C=C[C@H]1CN(Cc2ccccn2)C(=O)C2CCC[C@@H]1N2S(=O)(=O)c1ccc(NC(C)=O)c(Cl)c1. The molecule has 10 heteroatoms. The molecule has 3 atom stereocenters. The van der Waals surface area contributed by atoms with Gasteiger partial charge in [-0.2, -0.15) is 4.31 Å². The summed E-state index contributed by atoms with van der Waals surface area (Å²) in [6.07, 6.45) is 5.24. The molecule has 1 unspecified atom stereocenters. The number of pyridine rings is 1. The van der Waals surface area contributed by atoms with Crippen molar-refractivity contribution in [2.45, 2.75) is 49.7 Å². The Balaban J connectivity index is 1.72. The van der Waals surface area contributed by atoms with Gasteiger partial charge in [0.2, 0.25) is 21.8 Å². The molecule has 0 saturated carbocycles. The number of rotatable bonds is 6. The fourth-order valence-electron chi connectivity index (χ4n) is 4.79. The fourth-order valence-corrected chi connectivity index (χ4v) is 6.99. The molecule has 2 aromatic rings. The second-order valence-corrected chi connectivity index (χ2v) is 10.9. The molecule has 1 aromatic carbocycles. The van der Waals surface area contributed by atoms with E-state index in [9.17, 15) is 18.0 Å². The van der Waals surface area contributed by atoms with E-state index in [2.05, 4.69) is 16.9 Å². The molecule has 1 aromatic heterocycles. The molecule has 2 bridgehead atoms. The van der Waals surface area contributed by atoms with Gasteiger partial charge in [0.25, 0.3) is 0 Å². The molecule has 3 heterocycles. The minimum atomic E-state index is -4.06. The Morgan fingerprint density at radius 1 is 1.29 bits per heavy atom. The van der Waals surface area contributed by atoms with E-state index in [1.54, 1.807) is 17.2 Å². The lowest BCUT2D eigenvalue weighted by atomic mass is 9.90. The third-order valence-corrected chi connectivity index (χ3v) is 8.58. The third-order valence-electron chi connectivity index (χ3n) is 6.34. The zero-order valence-electron chi connectivity index (χ0n) is 18.9. The quantitative estimate of drug-likeness (QED) is 0.610. The van der Waals surface area contributed by atoms with Crippen molar-refractivity contribution in [1.82, 2.24) is 14.2 Å². The van der Waals surface area contributed by atoms with Gasteiger partial charge in [0.15, 0.2) is 0 Å². The Hall–Kier alpha value is -2.75. The van der Waals surface area contributed by atoms with Crippen molar-refractivity contribution in [1.29, 1.82) is 0 Å². The van der Waals surface area contributed by atoms with Crippen molar-refractivity contribution in [3.8, 4) is 0 Å². The molecule has 4 rings (SSSR count). The summed E-state index contributed by atoms with van der Waals surface area (Å²) in [7, 11) is -4.06. The minimum absolute atomic E-state index is 0.0164. The van der Waals surface area contributed by atoms with Crippen LogP contribution in [0.25, 0.3) is 0 Å². The van der Waals surface area contributed by atoms with Crippen LogP contribution in [0.2, 0.25) is 5.02 Å². The number of halogens is 1. The first-order chi connectivity index (χ1) is 16.2. The molecule has 2 aliphatic rings. The summed E-state index contributed by atoms with van der Waals surface area (Å²) in [6.45, 7) is 5.96. The molecule has 2 aliphatic heterocycles. The molecular weight excluding hydrogens is 476 g/mol. The van der Waals surface area contributed by atoms with Gasteiger partial charge in [0.05, 0.1) is 27.8 Å². The molecule has 0 spiro atoms. The normalized spacial score (nSPS) is 23.3. The fraction of sp³-hybridized carbons (Fsp3) is 0.375. The van der Waals surface area contributed by atoms with Crippen LogP contribution in [0.4, 0.5) is 5.69 Å². The highest BCUT2D eigenvalue weighted by molar-refractivity contribution is 7.89. The first-order valence-corrected chi connectivity index (χ1v) is 13.0. The Kier molecular flexibility index (Phi) is 7.06. The monoisotopic (exact) mass is 502 g/mol. The molecule has 0 radical (unpaired) electrons. The van der Waals surface area contributed by atoms with E-state index in [0.717, 1.165) is 12.1 Å². The third kappa shape index (κ3) is 4.73. The topological polar surface area (TPSA) is 99.7 Å². The summed E-state index contributed by atoms with van der Waals surface area (Å²) in [5.74, 6) is -0.780. The van der Waals surface area contributed by atoms with Crippen LogP contribution in [0.5, 0.6) is 0 Å². The van der Waals surface area contributed by atoms with Gasteiger partial charge < -0.3 is 10.2 Å². The average Bonchev–Trinajstić information content (AvgIpc) is 2.88. The number of piperidine rings is 1. The van der Waals surface area contributed by atoms with E-state index >= 15 is 0 Å². The van der Waals surface area contributed by atoms with E-state index in [-0.39, 0.29) is 27.7 Å². The Labute approximate surface area is 204 Å². The molecule has 1 N–H and O–H groups in total. The Morgan fingerprint density at radius 2 is 2.09 bits per heavy atom. The van der Waals surface area contributed by atoms with Crippen molar-refractivity contribution in [2.24, 2.45) is 5.92 Å². The van der Waals surface area contributed by atoms with E-state index in [4.69, 9.17) is 11.6 Å². The summed E-state index contributed by atoms with van der Waals surface area (Å²) < 4.78 is 29.1. The van der Waals surface area contributed by atoms with E-state index in [1.807, 2.05) is 18.2 Å². The molecule has 2 fully saturated rings. The van der Waals surface area contributed by atoms with Crippen LogP contribution in [0.15, 0.2) is 60.1 Å². The van der Waals surface area contributed by atoms with E-state index < -0.39 is 22.1 Å². The molecule has 2 amide bonds. The highest BCUT2D eigenvalue weighted by atomic mass is 35.5. The lowest BCUT2D eigenvalue weighted by Crippen LogP contribution is -2.54. The van der Waals surface area contributed by atoms with E-state index in [1.165, 1.54) is 29.4 Å². The van der Waals surface area contributed by atoms with Gasteiger partial charge in [-0.3, -0.25) is 14.6 Å². The number of hydrogen-bond donors (Lipinski definition) is 1. The predicted molar refractivity (Wildman–Crippen MR) is 130 cm³/mol. The second kappa shape index (κ2) is 9.85. The standard InChI is InChI=1S/C24H27ClN4O4S/c1-3-17-14-28(15-18-7-4-5-12-26-18)24(31)23-9-6-8-22(17)29(23)34(32,33)19-10-11-21(20(25)13-19)27-16(2)30/h3-5,7,10-13,17,22-23H,1,6,8-9,14-15H2,2H3,(H,27,30)/t17-,22-,23?/m0/s1. The van der Waals surface area contributed by atoms with Gasteiger partial charge in [-0.15, -0.1) is 6.58 Å². The molecule has 34 heavy (non-hydrogen) atoms.